The first-order valence-electron chi connectivity index (χ1n) is 9.05. The number of hydrogen-bond acceptors (Lipinski definition) is 3. The van der Waals surface area contributed by atoms with E-state index in [0.717, 1.165) is 6.07 Å². The van der Waals surface area contributed by atoms with Gasteiger partial charge in [-0.25, -0.2) is 18.2 Å². The Labute approximate surface area is 162 Å². The fraction of sp³-hybridized carbons (Fsp3) is 0.381. The Bertz CT molecular complexity index is 951. The summed E-state index contributed by atoms with van der Waals surface area (Å²) in [6, 6.07) is 6.37. The molecule has 0 N–H and O–H groups in total. The number of rotatable bonds is 5. The topological polar surface area (TPSA) is 43.6 Å². The summed E-state index contributed by atoms with van der Waals surface area (Å²) < 4.78 is 45.0. The molecule has 1 unspecified atom stereocenters. The third-order valence-electron chi connectivity index (χ3n) is 5.56. The molecular weight excluding hydrogens is 365 g/mol. The van der Waals surface area contributed by atoms with Crippen LogP contribution in [-0.4, -0.2) is 19.7 Å². The van der Waals surface area contributed by atoms with Crippen LogP contribution in [0.2, 0.25) is 0 Å². The van der Waals surface area contributed by atoms with E-state index >= 15 is 4.39 Å². The van der Waals surface area contributed by atoms with Crippen molar-refractivity contribution in [2.24, 2.45) is 5.41 Å². The third kappa shape index (κ3) is 3.41. The fourth-order valence-corrected chi connectivity index (χ4v) is 4.12. The third-order valence-corrected chi connectivity index (χ3v) is 5.56. The van der Waals surface area contributed by atoms with E-state index in [1.165, 1.54) is 43.1 Å². The summed E-state index contributed by atoms with van der Waals surface area (Å²) in [4.78, 5) is 8.22. The molecule has 148 valence electrons. The quantitative estimate of drug-likeness (QED) is 0.626. The Hall–Kier alpha value is -2.70. The first-order valence-corrected chi connectivity index (χ1v) is 9.05. The van der Waals surface area contributed by atoms with Crippen LogP contribution in [0.4, 0.5) is 13.2 Å². The van der Waals surface area contributed by atoms with Crippen LogP contribution in [0.5, 0.6) is 0 Å². The number of pyridine rings is 1. The molecule has 0 spiro atoms. The van der Waals surface area contributed by atoms with Crippen molar-refractivity contribution in [1.82, 2.24) is 19.7 Å². The lowest BCUT2D eigenvalue weighted by Crippen LogP contribution is -2.49. The van der Waals surface area contributed by atoms with Crippen molar-refractivity contribution >= 4 is 0 Å². The van der Waals surface area contributed by atoms with E-state index in [1.54, 1.807) is 4.68 Å². The molecule has 0 bridgehead atoms. The molecule has 4 nitrogen and oxygen atoms in total. The maximum atomic E-state index is 15.1. The maximum Gasteiger partial charge on any atom is 0.144 e. The maximum absolute atomic E-state index is 15.1. The Kier molecular flexibility index (Phi) is 5.28. The summed E-state index contributed by atoms with van der Waals surface area (Å²) in [5.74, 6) is -2.36. The van der Waals surface area contributed by atoms with Crippen molar-refractivity contribution in [1.29, 1.82) is 0 Å². The highest BCUT2D eigenvalue weighted by atomic mass is 19.1. The zero-order valence-electron chi connectivity index (χ0n) is 16.3. The van der Waals surface area contributed by atoms with Gasteiger partial charge < -0.3 is 0 Å². The average Bonchev–Trinajstić information content (AvgIpc) is 3.12. The van der Waals surface area contributed by atoms with Gasteiger partial charge in [0.15, 0.2) is 0 Å². The van der Waals surface area contributed by atoms with Crippen LogP contribution in [0.3, 0.4) is 0 Å². The molecule has 7 heteroatoms. The van der Waals surface area contributed by atoms with Gasteiger partial charge in [0.05, 0.1) is 12.2 Å². The normalized spacial score (nSPS) is 15.2. The number of benzene rings is 1. The van der Waals surface area contributed by atoms with E-state index in [-0.39, 0.29) is 17.8 Å². The number of hydrogen-bond donors (Lipinski definition) is 0. The van der Waals surface area contributed by atoms with E-state index < -0.39 is 34.2 Å². The number of nitrogens with zero attached hydrogens (tertiary/aromatic N) is 4. The molecule has 3 rings (SSSR count). The van der Waals surface area contributed by atoms with Crippen molar-refractivity contribution in [3.05, 3.63) is 77.9 Å². The Morgan fingerprint density at radius 2 is 1.82 bits per heavy atom. The average molecular weight is 388 g/mol. The minimum absolute atomic E-state index is 0.218. The second kappa shape index (κ2) is 7.37. The van der Waals surface area contributed by atoms with Gasteiger partial charge in [0.1, 0.15) is 30.1 Å². The highest BCUT2D eigenvalue weighted by molar-refractivity contribution is 5.35. The highest BCUT2D eigenvalue weighted by Crippen LogP contribution is 2.52. The Morgan fingerprint density at radius 1 is 1.07 bits per heavy atom. The Balaban J connectivity index is 2.31. The second-order valence-corrected chi connectivity index (χ2v) is 8.03. The number of halogens is 3. The van der Waals surface area contributed by atoms with Gasteiger partial charge in [-0.05, 0) is 29.2 Å². The van der Waals surface area contributed by atoms with Crippen molar-refractivity contribution in [3.8, 4) is 0 Å². The molecule has 2 atom stereocenters. The number of aromatic nitrogens is 4. The Morgan fingerprint density at radius 3 is 2.39 bits per heavy atom. The first-order chi connectivity index (χ1) is 13.2. The largest absolute Gasteiger partial charge is 0.258 e. The van der Waals surface area contributed by atoms with E-state index in [4.69, 9.17) is 0 Å². The van der Waals surface area contributed by atoms with Crippen molar-refractivity contribution in [3.63, 3.8) is 0 Å². The molecule has 0 aliphatic rings. The molecule has 0 aliphatic heterocycles. The van der Waals surface area contributed by atoms with E-state index in [1.807, 2.05) is 27.7 Å². The molecular formula is C21H23F3N4. The van der Waals surface area contributed by atoms with Crippen molar-refractivity contribution in [2.75, 3.05) is 0 Å². The van der Waals surface area contributed by atoms with Gasteiger partial charge in [0.2, 0.25) is 0 Å². The van der Waals surface area contributed by atoms with Gasteiger partial charge in [-0.3, -0.25) is 9.67 Å². The molecule has 28 heavy (non-hydrogen) atoms. The molecule has 0 radical (unpaired) electrons. The molecule has 0 aliphatic carbocycles. The lowest BCUT2D eigenvalue weighted by Gasteiger charge is -2.49. The standard InChI is InChI=1S/C21H23F3N4/c1-14(19-17(23)6-5-9-26-19)21(20(2,3)4,11-28-13-25-12-27-28)16-8-7-15(22)10-18(16)24/h5-10,12-14H,11H2,1-4H3/t14-,21?/m0/s1. The summed E-state index contributed by atoms with van der Waals surface area (Å²) in [6.07, 6.45) is 4.43. The van der Waals surface area contributed by atoms with E-state index in [0.29, 0.717) is 0 Å². The molecule has 1 aromatic carbocycles. The van der Waals surface area contributed by atoms with Crippen LogP contribution >= 0.6 is 0 Å². The zero-order valence-corrected chi connectivity index (χ0v) is 16.3. The minimum Gasteiger partial charge on any atom is -0.258 e. The lowest BCUT2D eigenvalue weighted by molar-refractivity contribution is 0.112. The first kappa shape index (κ1) is 20.0. The molecule has 2 heterocycles. The van der Waals surface area contributed by atoms with E-state index in [9.17, 15) is 8.78 Å². The summed E-state index contributed by atoms with van der Waals surface area (Å²) in [5.41, 5.74) is -1.05. The van der Waals surface area contributed by atoms with Crippen LogP contribution in [0, 0.1) is 22.9 Å². The van der Waals surface area contributed by atoms with Gasteiger partial charge in [0.25, 0.3) is 0 Å². The van der Waals surface area contributed by atoms with Gasteiger partial charge in [-0.15, -0.1) is 0 Å². The minimum atomic E-state index is -0.992. The van der Waals surface area contributed by atoms with Crippen molar-refractivity contribution in [2.45, 2.75) is 45.6 Å². The second-order valence-electron chi connectivity index (χ2n) is 8.03. The zero-order chi connectivity index (χ0) is 20.5. The van der Waals surface area contributed by atoms with Crippen LogP contribution in [0.15, 0.2) is 49.2 Å². The van der Waals surface area contributed by atoms with Crippen LogP contribution in [0.25, 0.3) is 0 Å². The molecule has 3 aromatic rings. The lowest BCUT2D eigenvalue weighted by atomic mass is 9.55. The predicted molar refractivity (Wildman–Crippen MR) is 100 cm³/mol. The van der Waals surface area contributed by atoms with Crippen LogP contribution in [0.1, 0.15) is 44.9 Å². The molecule has 0 saturated carbocycles. The SMILES string of the molecule is C[C@@H](c1ncccc1F)C(Cn1cncn1)(c1ccc(F)cc1F)C(C)(C)C. The van der Waals surface area contributed by atoms with Gasteiger partial charge in [-0.2, -0.15) is 5.10 Å². The van der Waals surface area contributed by atoms with Gasteiger partial charge in [0, 0.05) is 23.6 Å². The smallest absolute Gasteiger partial charge is 0.144 e. The molecule has 0 saturated heterocycles. The monoisotopic (exact) mass is 388 g/mol. The van der Waals surface area contributed by atoms with Gasteiger partial charge >= 0.3 is 0 Å². The summed E-state index contributed by atoms with van der Waals surface area (Å²) >= 11 is 0. The van der Waals surface area contributed by atoms with Crippen LogP contribution < -0.4 is 0 Å². The molecule has 0 fully saturated rings. The summed E-state index contributed by atoms with van der Waals surface area (Å²) in [5, 5.41) is 4.18. The fourth-order valence-electron chi connectivity index (χ4n) is 4.12. The summed E-state index contributed by atoms with van der Waals surface area (Å²) in [7, 11) is 0. The van der Waals surface area contributed by atoms with Crippen molar-refractivity contribution < 1.29 is 13.2 Å². The summed E-state index contributed by atoms with van der Waals surface area (Å²) in [6.45, 7) is 7.88. The van der Waals surface area contributed by atoms with Crippen LogP contribution in [-0.2, 0) is 12.0 Å². The highest BCUT2D eigenvalue weighted by Gasteiger charge is 2.51. The van der Waals surface area contributed by atoms with E-state index in [2.05, 4.69) is 15.1 Å². The van der Waals surface area contributed by atoms with Gasteiger partial charge in [-0.1, -0.05) is 33.8 Å². The molecule has 0 amide bonds. The predicted octanol–water partition coefficient (Wildman–Crippen LogP) is 4.88. The molecule has 2 aromatic heterocycles.